The summed E-state index contributed by atoms with van der Waals surface area (Å²) < 4.78 is 19.9. The highest BCUT2D eigenvalue weighted by molar-refractivity contribution is 9.10. The number of thiophene rings is 1. The number of carbonyl (C=O) groups is 1. The largest absolute Gasteiger partial charge is 0.457 e. The smallest absolute Gasteiger partial charge is 0.339 e. The Kier molecular flexibility index (Phi) is 5.01. The van der Waals surface area contributed by atoms with Crippen LogP contribution < -0.4 is 0 Å². The molecule has 0 radical (unpaired) electrons. The first-order valence-corrected chi connectivity index (χ1v) is 9.84. The number of carbonyl (C=O) groups excluding carboxylic acids is 1. The molecule has 0 unspecified atom stereocenters. The molecule has 27 heavy (non-hydrogen) atoms. The molecule has 0 amide bonds. The molecule has 0 saturated carbocycles. The number of fused-ring (bicyclic) bond motifs is 1. The van der Waals surface area contributed by atoms with E-state index in [1.165, 1.54) is 0 Å². The zero-order valence-corrected chi connectivity index (χ0v) is 16.4. The van der Waals surface area contributed by atoms with E-state index in [9.17, 15) is 9.18 Å². The van der Waals surface area contributed by atoms with E-state index < -0.39 is 11.8 Å². The van der Waals surface area contributed by atoms with Gasteiger partial charge in [-0.2, -0.15) is 0 Å². The lowest BCUT2D eigenvalue weighted by Crippen LogP contribution is -2.08. The maximum absolute atomic E-state index is 14.1. The Labute approximate surface area is 167 Å². The summed E-state index contributed by atoms with van der Waals surface area (Å²) >= 11 is 4.69. The Bertz CT molecular complexity index is 1130. The maximum atomic E-state index is 14.1. The van der Waals surface area contributed by atoms with Gasteiger partial charge in [0, 0.05) is 10.9 Å². The lowest BCUT2D eigenvalue weighted by Gasteiger charge is -2.10. The van der Waals surface area contributed by atoms with Gasteiger partial charge in [0.25, 0.3) is 0 Å². The first kappa shape index (κ1) is 17.8. The van der Waals surface area contributed by atoms with E-state index in [0.717, 1.165) is 4.88 Å². The summed E-state index contributed by atoms with van der Waals surface area (Å²) in [4.78, 5) is 18.4. The second kappa shape index (κ2) is 7.58. The number of rotatable bonds is 4. The first-order valence-electron chi connectivity index (χ1n) is 8.17. The third-order valence-electron chi connectivity index (χ3n) is 4.10. The SMILES string of the molecule is O=C(OCc1cccc(Br)c1F)c1cc(-c2cccs2)nc2ccccc12. The van der Waals surface area contributed by atoms with Gasteiger partial charge in [0.15, 0.2) is 0 Å². The van der Waals surface area contributed by atoms with Gasteiger partial charge in [0.1, 0.15) is 12.4 Å². The van der Waals surface area contributed by atoms with Crippen LogP contribution in [0.15, 0.2) is 70.5 Å². The Morgan fingerprint density at radius 3 is 2.78 bits per heavy atom. The lowest BCUT2D eigenvalue weighted by molar-refractivity contribution is 0.0471. The van der Waals surface area contributed by atoms with Crippen LogP contribution in [-0.4, -0.2) is 11.0 Å². The molecular weight excluding hydrogens is 429 g/mol. The van der Waals surface area contributed by atoms with E-state index in [4.69, 9.17) is 4.74 Å². The average Bonchev–Trinajstić information content (AvgIpc) is 3.23. The standard InChI is InChI=1S/C21H13BrFNO2S/c22-16-7-3-5-13(20(16)23)12-26-21(25)15-11-18(19-9-4-10-27-19)24-17-8-2-1-6-14(15)17/h1-11H,12H2. The minimum absolute atomic E-state index is 0.144. The van der Waals surface area contributed by atoms with Crippen molar-refractivity contribution in [3.63, 3.8) is 0 Å². The van der Waals surface area contributed by atoms with Crippen molar-refractivity contribution in [1.29, 1.82) is 0 Å². The van der Waals surface area contributed by atoms with Crippen molar-refractivity contribution in [3.8, 4) is 10.6 Å². The van der Waals surface area contributed by atoms with Gasteiger partial charge in [0.2, 0.25) is 0 Å². The second-order valence-electron chi connectivity index (χ2n) is 5.84. The third-order valence-corrected chi connectivity index (χ3v) is 5.60. The molecule has 0 N–H and O–H groups in total. The van der Waals surface area contributed by atoms with Gasteiger partial charge in [-0.15, -0.1) is 11.3 Å². The zero-order valence-electron chi connectivity index (χ0n) is 14.0. The van der Waals surface area contributed by atoms with E-state index in [-0.39, 0.29) is 6.61 Å². The molecule has 0 fully saturated rings. The molecule has 0 aliphatic heterocycles. The first-order chi connectivity index (χ1) is 13.1. The summed E-state index contributed by atoms with van der Waals surface area (Å²) in [6, 6.07) is 17.9. The summed E-state index contributed by atoms with van der Waals surface area (Å²) in [7, 11) is 0. The van der Waals surface area contributed by atoms with Crippen molar-refractivity contribution in [2.75, 3.05) is 0 Å². The Morgan fingerprint density at radius 1 is 1.11 bits per heavy atom. The van der Waals surface area contributed by atoms with Crippen molar-refractivity contribution < 1.29 is 13.9 Å². The van der Waals surface area contributed by atoms with E-state index in [1.54, 1.807) is 35.6 Å². The molecule has 0 aliphatic carbocycles. The van der Waals surface area contributed by atoms with E-state index in [1.807, 2.05) is 41.8 Å². The Hall–Kier alpha value is -2.57. The maximum Gasteiger partial charge on any atom is 0.339 e. The van der Waals surface area contributed by atoms with Gasteiger partial charge < -0.3 is 4.74 Å². The topological polar surface area (TPSA) is 39.2 Å². The van der Waals surface area contributed by atoms with Crippen LogP contribution in [0.4, 0.5) is 4.39 Å². The molecule has 2 aromatic carbocycles. The van der Waals surface area contributed by atoms with Gasteiger partial charge in [-0.3, -0.25) is 0 Å². The van der Waals surface area contributed by atoms with Crippen LogP contribution in [0.2, 0.25) is 0 Å². The molecule has 3 nitrogen and oxygen atoms in total. The monoisotopic (exact) mass is 441 g/mol. The molecule has 0 saturated heterocycles. The highest BCUT2D eigenvalue weighted by Crippen LogP contribution is 2.28. The highest BCUT2D eigenvalue weighted by Gasteiger charge is 2.16. The Morgan fingerprint density at radius 2 is 1.96 bits per heavy atom. The van der Waals surface area contributed by atoms with Gasteiger partial charge in [0.05, 0.1) is 26.1 Å². The molecule has 0 bridgehead atoms. The van der Waals surface area contributed by atoms with Gasteiger partial charge in [-0.1, -0.05) is 36.4 Å². The molecule has 2 aromatic heterocycles. The predicted molar refractivity (Wildman–Crippen MR) is 108 cm³/mol. The Balaban J connectivity index is 1.69. The number of nitrogens with zero attached hydrogens (tertiary/aromatic N) is 1. The third kappa shape index (κ3) is 3.63. The quantitative estimate of drug-likeness (QED) is 0.352. The minimum Gasteiger partial charge on any atom is -0.457 e. The molecule has 4 aromatic rings. The fourth-order valence-corrected chi connectivity index (χ4v) is 3.87. The van der Waals surface area contributed by atoms with Crippen LogP contribution in [0.3, 0.4) is 0 Å². The summed E-state index contributed by atoms with van der Waals surface area (Å²) in [5, 5.41) is 2.66. The van der Waals surface area contributed by atoms with Gasteiger partial charge in [-0.25, -0.2) is 14.2 Å². The number of halogens is 2. The summed E-state index contributed by atoms with van der Waals surface area (Å²) in [6.07, 6.45) is 0. The summed E-state index contributed by atoms with van der Waals surface area (Å²) in [5.41, 5.74) is 2.15. The van der Waals surface area contributed by atoms with Crippen LogP contribution in [0.1, 0.15) is 15.9 Å². The fourth-order valence-electron chi connectivity index (χ4n) is 2.78. The van der Waals surface area contributed by atoms with Crippen molar-refractivity contribution in [2.45, 2.75) is 6.61 Å². The number of hydrogen-bond donors (Lipinski definition) is 0. The van der Waals surface area contributed by atoms with Crippen LogP contribution in [0.5, 0.6) is 0 Å². The van der Waals surface area contributed by atoms with E-state index >= 15 is 0 Å². The van der Waals surface area contributed by atoms with Crippen LogP contribution in [0, 0.1) is 5.82 Å². The lowest BCUT2D eigenvalue weighted by atomic mass is 10.1. The normalized spacial score (nSPS) is 10.9. The summed E-state index contributed by atoms with van der Waals surface area (Å²) in [6.45, 7) is -0.144. The highest BCUT2D eigenvalue weighted by atomic mass is 79.9. The van der Waals surface area contributed by atoms with Crippen molar-refractivity contribution in [1.82, 2.24) is 4.98 Å². The number of esters is 1. The molecule has 134 valence electrons. The molecule has 0 atom stereocenters. The molecule has 2 heterocycles. The van der Waals surface area contributed by atoms with E-state index in [2.05, 4.69) is 20.9 Å². The predicted octanol–water partition coefficient (Wildman–Crippen LogP) is 6.22. The number of hydrogen-bond acceptors (Lipinski definition) is 4. The molecule has 6 heteroatoms. The van der Waals surface area contributed by atoms with Crippen LogP contribution in [0.25, 0.3) is 21.5 Å². The number of benzene rings is 2. The van der Waals surface area contributed by atoms with Crippen molar-refractivity contribution in [3.05, 3.63) is 87.5 Å². The van der Waals surface area contributed by atoms with Gasteiger partial charge >= 0.3 is 5.97 Å². The molecular formula is C21H13BrFNO2S. The van der Waals surface area contributed by atoms with Gasteiger partial charge in [-0.05, 0) is 45.6 Å². The second-order valence-corrected chi connectivity index (χ2v) is 7.64. The number of pyridine rings is 1. The molecule has 4 rings (SSSR count). The number of para-hydroxylation sites is 1. The van der Waals surface area contributed by atoms with Crippen LogP contribution >= 0.6 is 27.3 Å². The number of ether oxygens (including phenoxy) is 1. The zero-order chi connectivity index (χ0) is 18.8. The van der Waals surface area contributed by atoms with Crippen LogP contribution in [-0.2, 0) is 11.3 Å². The van der Waals surface area contributed by atoms with E-state index in [0.29, 0.717) is 32.2 Å². The average molecular weight is 442 g/mol. The van der Waals surface area contributed by atoms with Crippen molar-refractivity contribution >= 4 is 44.1 Å². The fraction of sp³-hybridized carbons (Fsp3) is 0.0476. The van der Waals surface area contributed by atoms with Crippen molar-refractivity contribution in [2.24, 2.45) is 0 Å². The molecule has 0 spiro atoms. The number of aromatic nitrogens is 1. The minimum atomic E-state index is -0.509. The molecule has 0 aliphatic rings. The summed E-state index contributed by atoms with van der Waals surface area (Å²) in [5.74, 6) is -0.935.